The zero-order valence-corrected chi connectivity index (χ0v) is 8.03. The summed E-state index contributed by atoms with van der Waals surface area (Å²) in [5.41, 5.74) is 0.480. The van der Waals surface area contributed by atoms with Crippen molar-refractivity contribution >= 4 is 6.16 Å². The number of benzene rings is 1. The second-order valence-corrected chi connectivity index (χ2v) is 3.55. The van der Waals surface area contributed by atoms with Crippen LogP contribution < -0.4 is 0 Å². The summed E-state index contributed by atoms with van der Waals surface area (Å²) in [6.45, 7) is 2.33. The molecular weight excluding hydrogens is 180 g/mol. The van der Waals surface area contributed by atoms with Crippen molar-refractivity contribution in [1.82, 2.24) is 0 Å². The summed E-state index contributed by atoms with van der Waals surface area (Å²) in [6, 6.07) is 9.72. The SMILES string of the molecule is C[C@]1(c2ccccc2)CCOC(=O)O1. The van der Waals surface area contributed by atoms with Gasteiger partial charge in [-0.05, 0) is 12.5 Å². The minimum Gasteiger partial charge on any atom is -0.434 e. The maximum atomic E-state index is 11.0. The van der Waals surface area contributed by atoms with Gasteiger partial charge < -0.3 is 9.47 Å². The zero-order chi connectivity index (χ0) is 10.0. The molecule has 3 nitrogen and oxygen atoms in total. The number of ether oxygens (including phenoxy) is 2. The lowest BCUT2D eigenvalue weighted by Gasteiger charge is -2.32. The lowest BCUT2D eigenvalue weighted by atomic mass is 9.92. The number of carbonyl (C=O) groups excluding carboxylic acids is 1. The molecular formula is C11H12O3. The molecule has 2 rings (SSSR count). The summed E-state index contributed by atoms with van der Waals surface area (Å²) in [4.78, 5) is 11.0. The van der Waals surface area contributed by atoms with Crippen LogP contribution in [-0.4, -0.2) is 12.8 Å². The molecule has 0 unspecified atom stereocenters. The number of hydrogen-bond acceptors (Lipinski definition) is 3. The van der Waals surface area contributed by atoms with Crippen molar-refractivity contribution in [3.05, 3.63) is 35.9 Å². The third kappa shape index (κ3) is 1.58. The monoisotopic (exact) mass is 192 g/mol. The van der Waals surface area contributed by atoms with Gasteiger partial charge in [0.2, 0.25) is 0 Å². The first-order chi connectivity index (χ1) is 6.71. The van der Waals surface area contributed by atoms with Crippen LogP contribution in [0.25, 0.3) is 0 Å². The third-order valence-corrected chi connectivity index (χ3v) is 2.49. The molecule has 1 fully saturated rings. The van der Waals surface area contributed by atoms with Gasteiger partial charge in [0.25, 0.3) is 0 Å². The van der Waals surface area contributed by atoms with Gasteiger partial charge in [-0.1, -0.05) is 30.3 Å². The van der Waals surface area contributed by atoms with Gasteiger partial charge in [-0.2, -0.15) is 0 Å². The Morgan fingerprint density at radius 1 is 1.29 bits per heavy atom. The highest BCUT2D eigenvalue weighted by Crippen LogP contribution is 2.32. The summed E-state index contributed by atoms with van der Waals surface area (Å²) in [5.74, 6) is 0. The fraction of sp³-hybridized carbons (Fsp3) is 0.364. The van der Waals surface area contributed by atoms with Crippen LogP contribution in [0.1, 0.15) is 18.9 Å². The summed E-state index contributed by atoms with van der Waals surface area (Å²) in [7, 11) is 0. The molecule has 1 aromatic carbocycles. The second-order valence-electron chi connectivity index (χ2n) is 3.55. The quantitative estimate of drug-likeness (QED) is 0.641. The van der Waals surface area contributed by atoms with Crippen molar-refractivity contribution in [3.63, 3.8) is 0 Å². The Balaban J connectivity index is 2.27. The lowest BCUT2D eigenvalue weighted by Crippen LogP contribution is -2.35. The summed E-state index contributed by atoms with van der Waals surface area (Å²) < 4.78 is 9.93. The summed E-state index contributed by atoms with van der Waals surface area (Å²) in [5, 5.41) is 0. The van der Waals surface area contributed by atoms with Gasteiger partial charge in [-0.25, -0.2) is 4.79 Å². The van der Waals surface area contributed by atoms with Crippen LogP contribution in [0.4, 0.5) is 4.79 Å². The van der Waals surface area contributed by atoms with Crippen molar-refractivity contribution < 1.29 is 14.3 Å². The van der Waals surface area contributed by atoms with E-state index in [9.17, 15) is 4.79 Å². The molecule has 1 saturated heterocycles. The molecule has 1 aromatic rings. The van der Waals surface area contributed by atoms with Crippen LogP contribution in [0.5, 0.6) is 0 Å². The summed E-state index contributed by atoms with van der Waals surface area (Å²) >= 11 is 0. The normalized spacial score (nSPS) is 26.5. The van der Waals surface area contributed by atoms with E-state index in [0.29, 0.717) is 13.0 Å². The van der Waals surface area contributed by atoms with Crippen molar-refractivity contribution in [1.29, 1.82) is 0 Å². The van der Waals surface area contributed by atoms with Crippen LogP contribution in [0, 0.1) is 0 Å². The van der Waals surface area contributed by atoms with Crippen LogP contribution in [0.15, 0.2) is 30.3 Å². The van der Waals surface area contributed by atoms with Crippen LogP contribution in [-0.2, 0) is 15.1 Å². The molecule has 14 heavy (non-hydrogen) atoms. The molecule has 0 radical (unpaired) electrons. The number of rotatable bonds is 1. The van der Waals surface area contributed by atoms with Crippen LogP contribution in [0.2, 0.25) is 0 Å². The number of carbonyl (C=O) groups is 1. The molecule has 3 heteroatoms. The first kappa shape index (κ1) is 9.06. The van der Waals surface area contributed by atoms with E-state index in [1.54, 1.807) is 0 Å². The Morgan fingerprint density at radius 3 is 2.64 bits per heavy atom. The minimum atomic E-state index is -0.581. The van der Waals surface area contributed by atoms with E-state index in [4.69, 9.17) is 9.47 Å². The molecule has 0 bridgehead atoms. The zero-order valence-electron chi connectivity index (χ0n) is 8.03. The van der Waals surface area contributed by atoms with Crippen molar-refractivity contribution in [3.8, 4) is 0 Å². The van der Waals surface area contributed by atoms with E-state index >= 15 is 0 Å². The molecule has 0 spiro atoms. The maximum absolute atomic E-state index is 11.0. The van der Waals surface area contributed by atoms with Gasteiger partial charge in [0.1, 0.15) is 5.60 Å². The molecule has 0 N–H and O–H groups in total. The number of hydrogen-bond donors (Lipinski definition) is 0. The summed E-state index contributed by atoms with van der Waals surface area (Å²) in [6.07, 6.45) is 0.116. The molecule has 1 aliphatic rings. The Hall–Kier alpha value is -1.51. The Bertz CT molecular complexity index is 334. The van der Waals surface area contributed by atoms with Crippen molar-refractivity contribution in [2.45, 2.75) is 18.9 Å². The third-order valence-electron chi connectivity index (χ3n) is 2.49. The molecule has 1 aliphatic heterocycles. The fourth-order valence-electron chi connectivity index (χ4n) is 1.59. The van der Waals surface area contributed by atoms with Gasteiger partial charge in [-0.15, -0.1) is 0 Å². The van der Waals surface area contributed by atoms with Gasteiger partial charge in [-0.3, -0.25) is 0 Å². The van der Waals surface area contributed by atoms with Gasteiger partial charge in [0.05, 0.1) is 6.61 Å². The van der Waals surface area contributed by atoms with E-state index in [0.717, 1.165) is 5.56 Å². The first-order valence-corrected chi connectivity index (χ1v) is 4.62. The van der Waals surface area contributed by atoms with Crippen LogP contribution in [0.3, 0.4) is 0 Å². The van der Waals surface area contributed by atoms with E-state index in [-0.39, 0.29) is 0 Å². The highest BCUT2D eigenvalue weighted by molar-refractivity contribution is 5.61. The van der Waals surface area contributed by atoms with Gasteiger partial charge >= 0.3 is 6.16 Å². The second kappa shape index (κ2) is 3.33. The molecule has 0 saturated carbocycles. The maximum Gasteiger partial charge on any atom is 0.509 e. The number of cyclic esters (lactones) is 2. The largest absolute Gasteiger partial charge is 0.509 e. The smallest absolute Gasteiger partial charge is 0.434 e. The molecule has 0 aliphatic carbocycles. The standard InChI is InChI=1S/C11H12O3/c1-11(7-8-13-10(12)14-11)9-5-3-2-4-6-9/h2-6H,7-8H2,1H3/t11-/m1/s1. The molecule has 1 heterocycles. The van der Waals surface area contributed by atoms with Crippen molar-refractivity contribution in [2.75, 3.05) is 6.61 Å². The Kier molecular flexibility index (Phi) is 2.15. The molecule has 1 atom stereocenters. The Labute approximate surface area is 82.6 Å². The highest BCUT2D eigenvalue weighted by Gasteiger charge is 2.35. The van der Waals surface area contributed by atoms with E-state index in [2.05, 4.69) is 0 Å². The van der Waals surface area contributed by atoms with Gasteiger partial charge in [0, 0.05) is 6.42 Å². The van der Waals surface area contributed by atoms with Crippen molar-refractivity contribution in [2.24, 2.45) is 0 Å². The first-order valence-electron chi connectivity index (χ1n) is 4.62. The van der Waals surface area contributed by atoms with E-state index in [1.165, 1.54) is 0 Å². The van der Waals surface area contributed by atoms with Crippen LogP contribution >= 0.6 is 0 Å². The fourth-order valence-corrected chi connectivity index (χ4v) is 1.59. The average Bonchev–Trinajstić information content (AvgIpc) is 2.19. The minimum absolute atomic E-state index is 0.421. The predicted octanol–water partition coefficient (Wildman–Crippen LogP) is 2.46. The Morgan fingerprint density at radius 2 is 2.00 bits per heavy atom. The van der Waals surface area contributed by atoms with Gasteiger partial charge in [0.15, 0.2) is 0 Å². The highest BCUT2D eigenvalue weighted by atomic mass is 16.7. The average molecular weight is 192 g/mol. The van der Waals surface area contributed by atoms with E-state index < -0.39 is 11.8 Å². The lowest BCUT2D eigenvalue weighted by molar-refractivity contribution is -0.0792. The predicted molar refractivity (Wildman–Crippen MR) is 50.8 cm³/mol. The topological polar surface area (TPSA) is 35.5 Å². The molecule has 0 aromatic heterocycles. The molecule has 0 amide bonds. The van der Waals surface area contributed by atoms with E-state index in [1.807, 2.05) is 37.3 Å². The molecule has 74 valence electrons.